The van der Waals surface area contributed by atoms with Crippen molar-refractivity contribution in [1.82, 2.24) is 14.6 Å². The number of aromatic nitrogens is 1. The topological polar surface area (TPSA) is 88.6 Å². The van der Waals surface area contributed by atoms with Gasteiger partial charge >= 0.3 is 0 Å². The van der Waals surface area contributed by atoms with Crippen LogP contribution >= 0.6 is 11.6 Å². The third-order valence-electron chi connectivity index (χ3n) is 3.11. The van der Waals surface area contributed by atoms with E-state index in [4.69, 9.17) is 16.3 Å². The molecule has 1 N–H and O–H groups in total. The molecule has 0 saturated carbocycles. The van der Waals surface area contributed by atoms with E-state index in [1.165, 1.54) is 18.3 Å². The first-order chi connectivity index (χ1) is 10.9. The number of halogens is 1. The average molecular weight is 364 g/mol. The van der Waals surface area contributed by atoms with Crippen molar-refractivity contribution in [2.24, 2.45) is 0 Å². The van der Waals surface area contributed by atoms with Gasteiger partial charge in [0, 0.05) is 33.0 Å². The fraction of sp³-hybridized carbons (Fsp3) is 0.571. The van der Waals surface area contributed by atoms with E-state index in [0.29, 0.717) is 13.2 Å². The minimum atomic E-state index is -3.86. The summed E-state index contributed by atoms with van der Waals surface area (Å²) in [7, 11) is -2.24. The normalized spacial score (nSPS) is 11.7. The SMILES string of the molecule is CCN(CC(=O)NCCCCOC)S(=O)(=O)c1cccnc1Cl. The van der Waals surface area contributed by atoms with Crippen LogP contribution in [0.2, 0.25) is 5.15 Å². The van der Waals surface area contributed by atoms with Gasteiger partial charge in [0.05, 0.1) is 6.54 Å². The number of methoxy groups -OCH3 is 1. The molecule has 9 heteroatoms. The number of likely N-dealkylation sites (N-methyl/N-ethyl adjacent to an activating group) is 1. The molecule has 0 unspecified atom stereocenters. The molecule has 0 aliphatic carbocycles. The van der Waals surface area contributed by atoms with Crippen LogP contribution in [0.3, 0.4) is 0 Å². The molecule has 7 nitrogen and oxygen atoms in total. The quantitative estimate of drug-likeness (QED) is 0.500. The van der Waals surface area contributed by atoms with Crippen molar-refractivity contribution in [3.05, 3.63) is 23.5 Å². The van der Waals surface area contributed by atoms with Gasteiger partial charge in [-0.1, -0.05) is 18.5 Å². The van der Waals surface area contributed by atoms with E-state index >= 15 is 0 Å². The lowest BCUT2D eigenvalue weighted by molar-refractivity contribution is -0.121. The highest BCUT2D eigenvalue weighted by atomic mass is 35.5. The number of unbranched alkanes of at least 4 members (excludes halogenated alkanes) is 1. The molecule has 1 aromatic heterocycles. The second kappa shape index (κ2) is 9.82. The molecule has 130 valence electrons. The van der Waals surface area contributed by atoms with Crippen molar-refractivity contribution in [2.45, 2.75) is 24.7 Å². The first-order valence-corrected chi connectivity index (χ1v) is 9.11. The second-order valence-electron chi connectivity index (χ2n) is 4.77. The van der Waals surface area contributed by atoms with E-state index in [0.717, 1.165) is 17.1 Å². The van der Waals surface area contributed by atoms with Crippen molar-refractivity contribution in [1.29, 1.82) is 0 Å². The highest BCUT2D eigenvalue weighted by Crippen LogP contribution is 2.21. The van der Waals surface area contributed by atoms with Crippen LogP contribution in [0.5, 0.6) is 0 Å². The Hall–Kier alpha value is -1.22. The zero-order chi connectivity index (χ0) is 17.3. The number of hydrogen-bond acceptors (Lipinski definition) is 5. The lowest BCUT2D eigenvalue weighted by Gasteiger charge is -2.20. The van der Waals surface area contributed by atoms with Crippen LogP contribution in [-0.2, 0) is 19.6 Å². The Labute approximate surface area is 142 Å². The van der Waals surface area contributed by atoms with Crippen molar-refractivity contribution in [2.75, 3.05) is 33.4 Å². The number of ether oxygens (including phenoxy) is 1. The maximum atomic E-state index is 12.5. The number of sulfonamides is 1. The van der Waals surface area contributed by atoms with Gasteiger partial charge in [-0.05, 0) is 25.0 Å². The Kier molecular flexibility index (Phi) is 8.46. The molecule has 23 heavy (non-hydrogen) atoms. The highest BCUT2D eigenvalue weighted by Gasteiger charge is 2.27. The van der Waals surface area contributed by atoms with Crippen LogP contribution < -0.4 is 5.32 Å². The fourth-order valence-electron chi connectivity index (χ4n) is 1.88. The summed E-state index contributed by atoms with van der Waals surface area (Å²) in [5, 5.41) is 2.59. The van der Waals surface area contributed by atoms with Gasteiger partial charge in [-0.25, -0.2) is 13.4 Å². The fourth-order valence-corrected chi connectivity index (χ4v) is 3.72. The Morgan fingerprint density at radius 2 is 2.17 bits per heavy atom. The number of hydrogen-bond donors (Lipinski definition) is 1. The zero-order valence-corrected chi connectivity index (χ0v) is 14.9. The van der Waals surface area contributed by atoms with Gasteiger partial charge in [-0.3, -0.25) is 4.79 Å². The van der Waals surface area contributed by atoms with Crippen molar-refractivity contribution in [3.63, 3.8) is 0 Å². The smallest absolute Gasteiger partial charge is 0.246 e. The van der Waals surface area contributed by atoms with Gasteiger partial charge in [-0.2, -0.15) is 4.31 Å². The Bertz CT molecular complexity index is 610. The summed E-state index contributed by atoms with van der Waals surface area (Å²) in [5.74, 6) is -0.354. The zero-order valence-electron chi connectivity index (χ0n) is 13.3. The molecule has 1 amide bonds. The summed E-state index contributed by atoms with van der Waals surface area (Å²) in [6.45, 7) is 2.67. The highest BCUT2D eigenvalue weighted by molar-refractivity contribution is 7.89. The molecular formula is C14H22ClN3O4S. The molecule has 0 saturated heterocycles. The summed E-state index contributed by atoms with van der Waals surface area (Å²) in [6, 6.07) is 2.86. The molecule has 0 spiro atoms. The van der Waals surface area contributed by atoms with E-state index in [2.05, 4.69) is 10.3 Å². The largest absolute Gasteiger partial charge is 0.385 e. The molecule has 0 aliphatic heterocycles. The van der Waals surface area contributed by atoms with Crippen LogP contribution in [0.1, 0.15) is 19.8 Å². The van der Waals surface area contributed by atoms with Gasteiger partial charge in [0.15, 0.2) is 0 Å². The van der Waals surface area contributed by atoms with Crippen molar-refractivity contribution in [3.8, 4) is 0 Å². The third kappa shape index (κ3) is 6.06. The maximum absolute atomic E-state index is 12.5. The Morgan fingerprint density at radius 1 is 1.43 bits per heavy atom. The summed E-state index contributed by atoms with van der Waals surface area (Å²) in [6.07, 6.45) is 3.01. The Morgan fingerprint density at radius 3 is 2.78 bits per heavy atom. The van der Waals surface area contributed by atoms with Gasteiger partial charge in [0.2, 0.25) is 15.9 Å². The maximum Gasteiger partial charge on any atom is 0.246 e. The van der Waals surface area contributed by atoms with Crippen LogP contribution in [0.25, 0.3) is 0 Å². The average Bonchev–Trinajstić information content (AvgIpc) is 2.52. The number of rotatable bonds is 10. The molecule has 1 aromatic rings. The summed E-state index contributed by atoms with van der Waals surface area (Å²) in [4.78, 5) is 15.6. The number of carbonyl (C=O) groups is 1. The van der Waals surface area contributed by atoms with Gasteiger partial charge in [0.25, 0.3) is 0 Å². The van der Waals surface area contributed by atoms with Crippen LogP contribution in [0, 0.1) is 0 Å². The van der Waals surface area contributed by atoms with Crippen LogP contribution in [0.15, 0.2) is 23.2 Å². The summed E-state index contributed by atoms with van der Waals surface area (Å²) >= 11 is 5.85. The van der Waals surface area contributed by atoms with E-state index in [-0.39, 0.29) is 29.0 Å². The minimum absolute atomic E-state index is 0.101. The number of nitrogens with zero attached hydrogens (tertiary/aromatic N) is 2. The molecule has 0 atom stereocenters. The van der Waals surface area contributed by atoms with Gasteiger partial charge < -0.3 is 10.1 Å². The Balaban J connectivity index is 2.66. The second-order valence-corrected chi connectivity index (χ2v) is 7.04. The first-order valence-electron chi connectivity index (χ1n) is 7.29. The number of nitrogens with one attached hydrogen (secondary N) is 1. The van der Waals surface area contributed by atoms with E-state index in [9.17, 15) is 13.2 Å². The summed E-state index contributed by atoms with van der Waals surface area (Å²) in [5.41, 5.74) is 0. The van der Waals surface area contributed by atoms with Gasteiger partial charge in [-0.15, -0.1) is 0 Å². The van der Waals surface area contributed by atoms with E-state index < -0.39 is 10.0 Å². The molecule has 0 radical (unpaired) electrons. The predicted molar refractivity (Wildman–Crippen MR) is 87.8 cm³/mol. The van der Waals surface area contributed by atoms with Gasteiger partial charge in [0.1, 0.15) is 10.0 Å². The monoisotopic (exact) mass is 363 g/mol. The first kappa shape index (κ1) is 19.8. The minimum Gasteiger partial charge on any atom is -0.385 e. The van der Waals surface area contributed by atoms with Crippen molar-refractivity contribution >= 4 is 27.5 Å². The molecule has 0 fully saturated rings. The van der Waals surface area contributed by atoms with E-state index in [1.54, 1.807) is 14.0 Å². The summed E-state index contributed by atoms with van der Waals surface area (Å²) < 4.78 is 31.1. The molecule has 0 aromatic carbocycles. The third-order valence-corrected chi connectivity index (χ3v) is 5.48. The number of amides is 1. The molecular weight excluding hydrogens is 342 g/mol. The molecule has 0 aliphatic rings. The predicted octanol–water partition coefficient (Wildman–Crippen LogP) is 1.29. The molecule has 1 rings (SSSR count). The van der Waals surface area contributed by atoms with E-state index in [1.807, 2.05) is 0 Å². The number of pyridine rings is 1. The van der Waals surface area contributed by atoms with Crippen LogP contribution in [0.4, 0.5) is 0 Å². The lowest BCUT2D eigenvalue weighted by atomic mass is 10.3. The standard InChI is InChI=1S/C14H22ClN3O4S/c1-3-18(11-13(19)16-8-4-5-10-22-2)23(20,21)12-7-6-9-17-14(12)15/h6-7,9H,3-5,8,10-11H2,1-2H3,(H,16,19). The molecule has 0 bridgehead atoms. The number of carbonyl (C=O) groups excluding carboxylic acids is 1. The molecule has 1 heterocycles. The lowest BCUT2D eigenvalue weighted by Crippen LogP contribution is -2.41. The van der Waals surface area contributed by atoms with Crippen LogP contribution in [-0.4, -0.2) is 57.0 Å². The van der Waals surface area contributed by atoms with Crippen molar-refractivity contribution < 1.29 is 17.9 Å².